The zero-order valence-electron chi connectivity index (χ0n) is 33.0. The SMILES string of the molecule is CC(C)C1=C2[C@H]3CC[C@@H]4[C@@]5(C)CC=C(C6=CCC(CF)(C(=O)O)CC6)C(C)(C)[C@@H]5CC[C@@]4(C)[C@]3(C)CC[C@@]2(NCCN2CCS(=O)(=O)CC2)CC1=O. The molecular formula is C43H65FN2O5S. The van der Waals surface area contributed by atoms with Gasteiger partial charge in [0.05, 0.1) is 16.9 Å². The molecule has 1 heterocycles. The summed E-state index contributed by atoms with van der Waals surface area (Å²) in [5.41, 5.74) is 3.80. The predicted octanol–water partition coefficient (Wildman–Crippen LogP) is 7.73. The number of rotatable bonds is 8. The second-order valence-corrected chi connectivity index (χ2v) is 22.2. The molecule has 0 aromatic heterocycles. The molecule has 4 fully saturated rings. The Labute approximate surface area is 312 Å². The van der Waals surface area contributed by atoms with Gasteiger partial charge in [-0.05, 0) is 132 Å². The molecule has 2 N–H and O–H groups in total. The van der Waals surface area contributed by atoms with E-state index in [2.05, 4.69) is 70.8 Å². The second-order valence-electron chi connectivity index (χ2n) is 19.9. The number of carbonyl (C=O) groups is 2. The van der Waals surface area contributed by atoms with E-state index in [1.807, 2.05) is 0 Å². The molecule has 0 aromatic carbocycles. The van der Waals surface area contributed by atoms with E-state index in [0.29, 0.717) is 55.9 Å². The van der Waals surface area contributed by atoms with E-state index >= 15 is 0 Å². The number of aliphatic carboxylic acids is 1. The van der Waals surface area contributed by atoms with E-state index in [4.69, 9.17) is 0 Å². The number of ketones is 1. The second kappa shape index (κ2) is 12.9. The third kappa shape index (κ3) is 5.61. The molecule has 0 aromatic rings. The van der Waals surface area contributed by atoms with Crippen LogP contribution in [0.15, 0.2) is 34.4 Å². The van der Waals surface area contributed by atoms with Crippen molar-refractivity contribution in [3.8, 4) is 0 Å². The number of hydrogen-bond donors (Lipinski definition) is 2. The van der Waals surface area contributed by atoms with Gasteiger partial charge in [-0.1, -0.05) is 60.6 Å². The van der Waals surface area contributed by atoms with Crippen molar-refractivity contribution in [3.05, 3.63) is 34.4 Å². The lowest BCUT2D eigenvalue weighted by molar-refractivity contribution is -0.196. The maximum atomic E-state index is 14.0. The summed E-state index contributed by atoms with van der Waals surface area (Å²) >= 11 is 0. The summed E-state index contributed by atoms with van der Waals surface area (Å²) < 4.78 is 38.0. The van der Waals surface area contributed by atoms with Crippen molar-refractivity contribution in [2.45, 2.75) is 125 Å². The van der Waals surface area contributed by atoms with Crippen molar-refractivity contribution < 1.29 is 27.5 Å². The number of fused-ring (bicyclic) bond motifs is 7. The maximum Gasteiger partial charge on any atom is 0.312 e. The van der Waals surface area contributed by atoms with Gasteiger partial charge >= 0.3 is 5.97 Å². The number of sulfone groups is 1. The van der Waals surface area contributed by atoms with Crippen LogP contribution in [0, 0.1) is 50.7 Å². The average Bonchev–Trinajstić information content (AvgIpc) is 3.38. The largest absolute Gasteiger partial charge is 0.481 e. The van der Waals surface area contributed by atoms with Crippen molar-refractivity contribution in [2.75, 3.05) is 44.4 Å². The Kier molecular flexibility index (Phi) is 9.51. The summed E-state index contributed by atoms with van der Waals surface area (Å²) in [5, 5.41) is 13.8. The Morgan fingerprint density at radius 1 is 0.962 bits per heavy atom. The van der Waals surface area contributed by atoms with E-state index in [1.54, 1.807) is 0 Å². The van der Waals surface area contributed by atoms with E-state index in [1.165, 1.54) is 23.1 Å². The normalized spacial score (nSPS) is 42.9. The average molecular weight is 741 g/mol. The summed E-state index contributed by atoms with van der Waals surface area (Å²) in [6.45, 7) is 18.9. The Hall–Kier alpha value is -1.84. The van der Waals surface area contributed by atoms with Gasteiger partial charge in [0.15, 0.2) is 15.6 Å². The van der Waals surface area contributed by atoms with Crippen LogP contribution >= 0.6 is 0 Å². The summed E-state index contributed by atoms with van der Waals surface area (Å²) in [5.74, 6) is 1.37. The number of carboxylic acids is 1. The number of allylic oxidation sites excluding steroid dienone is 5. The van der Waals surface area contributed by atoms with Crippen LogP contribution in [0.3, 0.4) is 0 Å². The van der Waals surface area contributed by atoms with E-state index < -0.39 is 27.9 Å². The lowest BCUT2D eigenvalue weighted by atomic mass is 9.33. The van der Waals surface area contributed by atoms with Crippen molar-refractivity contribution in [3.63, 3.8) is 0 Å². The van der Waals surface area contributed by atoms with Crippen molar-refractivity contribution >= 4 is 21.6 Å². The molecule has 9 heteroatoms. The number of alkyl halides is 1. The van der Waals surface area contributed by atoms with Crippen LogP contribution in [0.2, 0.25) is 0 Å². The first kappa shape index (κ1) is 38.4. The molecule has 1 aliphatic heterocycles. The smallest absolute Gasteiger partial charge is 0.312 e. The van der Waals surface area contributed by atoms with Crippen LogP contribution < -0.4 is 5.32 Å². The number of halogens is 1. The highest BCUT2D eigenvalue weighted by Gasteiger charge is 2.69. The molecule has 7 aliphatic rings. The maximum absolute atomic E-state index is 14.0. The number of hydrogen-bond acceptors (Lipinski definition) is 6. The van der Waals surface area contributed by atoms with Crippen LogP contribution in [0.25, 0.3) is 0 Å². The molecule has 0 amide bonds. The number of Topliss-reactive ketones (excluding diaryl/α,β-unsaturated/α-hetero) is 1. The summed E-state index contributed by atoms with van der Waals surface area (Å²) in [7, 11) is -2.92. The van der Waals surface area contributed by atoms with Crippen molar-refractivity contribution in [1.82, 2.24) is 10.2 Å². The fourth-order valence-electron chi connectivity index (χ4n) is 13.9. The molecule has 0 spiro atoms. The number of carboxylic acid groups (broad SMARTS) is 1. The van der Waals surface area contributed by atoms with Crippen LogP contribution in [0.4, 0.5) is 4.39 Å². The van der Waals surface area contributed by atoms with Gasteiger partial charge in [-0.25, -0.2) is 12.8 Å². The van der Waals surface area contributed by atoms with Gasteiger partial charge in [0, 0.05) is 38.1 Å². The van der Waals surface area contributed by atoms with Gasteiger partial charge in [-0.3, -0.25) is 9.59 Å². The Balaban J connectivity index is 1.16. The Morgan fingerprint density at radius 2 is 1.67 bits per heavy atom. The molecular weight excluding hydrogens is 676 g/mol. The van der Waals surface area contributed by atoms with Gasteiger partial charge in [0.25, 0.3) is 0 Å². The van der Waals surface area contributed by atoms with Gasteiger partial charge in [0.1, 0.15) is 6.67 Å². The fourth-order valence-corrected chi connectivity index (χ4v) is 15.2. The molecule has 3 saturated carbocycles. The predicted molar refractivity (Wildman–Crippen MR) is 204 cm³/mol. The fraction of sp³-hybridized carbons (Fsp3) is 0.814. The highest BCUT2D eigenvalue weighted by atomic mass is 32.2. The topological polar surface area (TPSA) is 104 Å². The molecule has 8 atom stereocenters. The molecule has 0 bridgehead atoms. The van der Waals surface area contributed by atoms with Crippen molar-refractivity contribution in [1.29, 1.82) is 0 Å². The van der Waals surface area contributed by atoms with Gasteiger partial charge in [-0.2, -0.15) is 0 Å². The van der Waals surface area contributed by atoms with Gasteiger partial charge in [0.2, 0.25) is 0 Å². The van der Waals surface area contributed by atoms with E-state index in [-0.39, 0.29) is 51.0 Å². The first-order valence-electron chi connectivity index (χ1n) is 20.4. The molecule has 7 nitrogen and oxygen atoms in total. The Morgan fingerprint density at radius 3 is 2.29 bits per heavy atom. The molecule has 1 unspecified atom stereocenters. The molecule has 1 saturated heterocycles. The van der Waals surface area contributed by atoms with Crippen LogP contribution in [0.5, 0.6) is 0 Å². The Bertz CT molecular complexity index is 1700. The first-order valence-corrected chi connectivity index (χ1v) is 22.3. The lowest BCUT2D eigenvalue weighted by Crippen LogP contribution is -2.66. The zero-order valence-corrected chi connectivity index (χ0v) is 33.8. The minimum Gasteiger partial charge on any atom is -0.481 e. The third-order valence-electron chi connectivity index (χ3n) is 17.0. The molecule has 6 aliphatic carbocycles. The monoisotopic (exact) mass is 740 g/mol. The molecule has 290 valence electrons. The van der Waals surface area contributed by atoms with Crippen LogP contribution in [-0.2, 0) is 19.4 Å². The standard InChI is InChI=1S/C43H65FN2O5S/c1-28(2)35-32(47)26-43(45-20-21-46-22-24-52(50,51)25-23-46)19-18-40(6)31(36(35)43)8-9-34-39(5)14-12-30(38(3,4)33(39)13-15-41(34,40)7)29-10-16-42(27-44,17-11-29)37(48)49/h10,12,28,31,33-34,45H,8-9,11,13-27H2,1-7H3,(H,48,49)/t31-,33+,34-,39+,40-,41-,42?,43-/m1/s1. The highest BCUT2D eigenvalue weighted by molar-refractivity contribution is 7.91. The number of carbonyl (C=O) groups excluding carboxylic acids is 1. The third-order valence-corrected chi connectivity index (χ3v) is 18.6. The minimum absolute atomic E-state index is 0.0632. The minimum atomic E-state index is -2.92. The molecule has 7 rings (SSSR count). The van der Waals surface area contributed by atoms with E-state index in [0.717, 1.165) is 57.2 Å². The van der Waals surface area contributed by atoms with Crippen molar-refractivity contribution in [2.24, 2.45) is 50.7 Å². The van der Waals surface area contributed by atoms with Crippen LogP contribution in [0.1, 0.15) is 119 Å². The summed E-state index contributed by atoms with van der Waals surface area (Å²) in [4.78, 5) is 28.2. The first-order chi connectivity index (χ1) is 24.3. The number of nitrogens with one attached hydrogen (secondary N) is 1. The van der Waals surface area contributed by atoms with Gasteiger partial charge < -0.3 is 15.3 Å². The zero-order chi connectivity index (χ0) is 37.7. The molecule has 52 heavy (non-hydrogen) atoms. The molecule has 0 radical (unpaired) electrons. The summed E-state index contributed by atoms with van der Waals surface area (Å²) in [6, 6.07) is 0. The summed E-state index contributed by atoms with van der Waals surface area (Å²) in [6.07, 6.45) is 14.0. The van der Waals surface area contributed by atoms with Crippen LogP contribution in [-0.4, -0.2) is 80.1 Å². The highest BCUT2D eigenvalue weighted by Crippen LogP contribution is 2.76. The van der Waals surface area contributed by atoms with Gasteiger partial charge in [-0.15, -0.1) is 0 Å². The lowest BCUT2D eigenvalue weighted by Gasteiger charge is -2.71. The number of nitrogens with zero attached hydrogens (tertiary/aromatic N) is 1. The quantitative estimate of drug-likeness (QED) is 0.263. The van der Waals surface area contributed by atoms with E-state index in [9.17, 15) is 27.5 Å².